The Morgan fingerprint density at radius 3 is 2.72 bits per heavy atom. The fraction of sp³-hybridized carbons (Fsp3) is 0.500. The maximum absolute atomic E-state index is 12.7. The molecule has 0 radical (unpaired) electrons. The molecule has 154 valence electrons. The zero-order valence-corrected chi connectivity index (χ0v) is 16.8. The molecule has 0 unspecified atom stereocenters. The first-order valence-electron chi connectivity index (χ1n) is 10.4. The van der Waals surface area contributed by atoms with Crippen molar-refractivity contribution in [2.75, 3.05) is 13.1 Å². The van der Waals surface area contributed by atoms with Crippen molar-refractivity contribution in [3.05, 3.63) is 52.8 Å². The van der Waals surface area contributed by atoms with Gasteiger partial charge in [0.05, 0.1) is 17.9 Å². The molecule has 2 amide bonds. The average Bonchev–Trinajstić information content (AvgIpc) is 3.51. The predicted molar refractivity (Wildman–Crippen MR) is 108 cm³/mol. The van der Waals surface area contributed by atoms with Crippen LogP contribution < -0.4 is 5.32 Å². The lowest BCUT2D eigenvalue weighted by Gasteiger charge is -2.20. The Labute approximate surface area is 170 Å². The molecule has 1 aromatic heterocycles. The van der Waals surface area contributed by atoms with Crippen molar-refractivity contribution in [3.8, 4) is 0 Å². The number of hydrogen-bond acceptors (Lipinski definition) is 4. The van der Waals surface area contributed by atoms with E-state index in [0.29, 0.717) is 31.1 Å². The Morgan fingerprint density at radius 2 is 2.00 bits per heavy atom. The van der Waals surface area contributed by atoms with Gasteiger partial charge in [-0.1, -0.05) is 17.7 Å². The van der Waals surface area contributed by atoms with E-state index in [-0.39, 0.29) is 18.2 Å². The van der Waals surface area contributed by atoms with Crippen LogP contribution in [0.25, 0.3) is 0 Å². The first-order chi connectivity index (χ1) is 14.0. The number of rotatable bonds is 6. The minimum atomic E-state index is -0.490. The van der Waals surface area contributed by atoms with Gasteiger partial charge in [0.1, 0.15) is 6.10 Å². The molecule has 2 heterocycles. The third-order valence-electron chi connectivity index (χ3n) is 5.70. The highest BCUT2D eigenvalue weighted by atomic mass is 16.3. The molecule has 2 aliphatic rings. The van der Waals surface area contributed by atoms with Crippen molar-refractivity contribution in [2.24, 2.45) is 5.92 Å². The number of benzene rings is 1. The molecule has 1 saturated carbocycles. The third-order valence-corrected chi connectivity index (χ3v) is 5.70. The number of nitrogens with zero attached hydrogens (tertiary/aromatic N) is 3. The molecule has 1 atom stereocenters. The number of aryl methyl sites for hydroxylation is 2. The molecule has 29 heavy (non-hydrogen) atoms. The third kappa shape index (κ3) is 4.67. The Balaban J connectivity index is 1.30. The molecule has 0 spiro atoms. The lowest BCUT2D eigenvalue weighted by molar-refractivity contribution is -0.131. The number of carbonyl (C=O) groups excluding carboxylic acids is 2. The van der Waals surface area contributed by atoms with Crippen LogP contribution in [0.2, 0.25) is 0 Å². The van der Waals surface area contributed by atoms with Crippen molar-refractivity contribution < 1.29 is 14.7 Å². The molecule has 0 saturated heterocycles. The Morgan fingerprint density at radius 1 is 1.24 bits per heavy atom. The van der Waals surface area contributed by atoms with Crippen LogP contribution in [0.1, 0.15) is 59.1 Å². The van der Waals surface area contributed by atoms with Gasteiger partial charge in [0.15, 0.2) is 0 Å². The molecule has 0 bridgehead atoms. The first-order valence-corrected chi connectivity index (χ1v) is 10.4. The van der Waals surface area contributed by atoms with Crippen LogP contribution in [0.15, 0.2) is 30.3 Å². The number of hydrogen-bond donors (Lipinski definition) is 2. The van der Waals surface area contributed by atoms with E-state index in [1.807, 2.05) is 34.7 Å². The number of fused-ring (bicyclic) bond motifs is 1. The van der Waals surface area contributed by atoms with Crippen LogP contribution in [0, 0.1) is 12.8 Å². The van der Waals surface area contributed by atoms with Crippen molar-refractivity contribution >= 4 is 11.8 Å². The first kappa shape index (κ1) is 19.6. The van der Waals surface area contributed by atoms with E-state index in [0.717, 1.165) is 42.8 Å². The predicted octanol–water partition coefficient (Wildman–Crippen LogP) is 2.19. The summed E-state index contributed by atoms with van der Waals surface area (Å²) in [7, 11) is 0. The van der Waals surface area contributed by atoms with Crippen molar-refractivity contribution in [1.82, 2.24) is 20.0 Å². The zero-order valence-electron chi connectivity index (χ0n) is 16.8. The Hall–Kier alpha value is -2.67. The van der Waals surface area contributed by atoms with E-state index in [1.54, 1.807) is 12.1 Å². The number of carbonyl (C=O) groups is 2. The Kier molecular flexibility index (Phi) is 5.67. The second-order valence-corrected chi connectivity index (χ2v) is 8.11. The summed E-state index contributed by atoms with van der Waals surface area (Å²) >= 11 is 0. The van der Waals surface area contributed by atoms with Gasteiger partial charge in [-0.2, -0.15) is 5.10 Å². The highest BCUT2D eigenvalue weighted by molar-refractivity contribution is 5.94. The summed E-state index contributed by atoms with van der Waals surface area (Å²) in [6.45, 7) is 4.21. The minimum absolute atomic E-state index is 0.0214. The lowest BCUT2D eigenvalue weighted by Crippen LogP contribution is -2.34. The van der Waals surface area contributed by atoms with Crippen LogP contribution >= 0.6 is 0 Å². The molecule has 7 heteroatoms. The summed E-state index contributed by atoms with van der Waals surface area (Å²) in [5.74, 6) is 0.197. The van der Waals surface area contributed by atoms with Crippen LogP contribution in [0.5, 0.6) is 0 Å². The average molecular weight is 396 g/mol. The molecule has 4 rings (SSSR count). The van der Waals surface area contributed by atoms with Crippen molar-refractivity contribution in [2.45, 2.75) is 51.8 Å². The minimum Gasteiger partial charge on any atom is -0.386 e. The second kappa shape index (κ2) is 8.37. The summed E-state index contributed by atoms with van der Waals surface area (Å²) in [6, 6.07) is 9.31. The molecule has 2 aromatic rings. The van der Waals surface area contributed by atoms with Crippen LogP contribution in [-0.4, -0.2) is 44.7 Å². The van der Waals surface area contributed by atoms with Gasteiger partial charge in [0.25, 0.3) is 5.91 Å². The van der Waals surface area contributed by atoms with Gasteiger partial charge in [-0.15, -0.1) is 0 Å². The van der Waals surface area contributed by atoms with E-state index < -0.39 is 6.10 Å². The molecule has 1 aromatic carbocycles. The standard InChI is InChI=1S/C22H28N4O3/c1-15-3-5-17(6-4-15)22(29)23-10-9-20(27)25-11-2-12-26-18(14-25)13-19(24-26)21(28)16-7-8-16/h3-6,13,16,21,28H,2,7-12,14H2,1H3,(H,23,29)/t21-/m0/s1. The monoisotopic (exact) mass is 396 g/mol. The summed E-state index contributed by atoms with van der Waals surface area (Å²) in [4.78, 5) is 26.7. The lowest BCUT2D eigenvalue weighted by atomic mass is 10.1. The molecule has 1 aliphatic carbocycles. The number of aliphatic hydroxyl groups is 1. The van der Waals surface area contributed by atoms with Crippen molar-refractivity contribution in [3.63, 3.8) is 0 Å². The van der Waals surface area contributed by atoms with Gasteiger partial charge in [0.2, 0.25) is 5.91 Å². The summed E-state index contributed by atoms with van der Waals surface area (Å²) < 4.78 is 1.92. The topological polar surface area (TPSA) is 87.5 Å². The van der Waals surface area contributed by atoms with Crippen LogP contribution in [0.3, 0.4) is 0 Å². The number of aliphatic hydroxyl groups excluding tert-OH is 1. The largest absolute Gasteiger partial charge is 0.386 e. The maximum Gasteiger partial charge on any atom is 0.251 e. The molecule has 1 fully saturated rings. The second-order valence-electron chi connectivity index (χ2n) is 8.11. The van der Waals surface area contributed by atoms with E-state index in [1.165, 1.54) is 0 Å². The van der Waals surface area contributed by atoms with Crippen LogP contribution in [-0.2, 0) is 17.9 Å². The molecule has 1 aliphatic heterocycles. The van der Waals surface area contributed by atoms with Gasteiger partial charge in [0, 0.05) is 31.6 Å². The SMILES string of the molecule is Cc1ccc(C(=O)NCCC(=O)N2CCCn3nc([C@@H](O)C4CC4)cc3C2)cc1. The van der Waals surface area contributed by atoms with Crippen LogP contribution in [0.4, 0.5) is 0 Å². The smallest absolute Gasteiger partial charge is 0.251 e. The van der Waals surface area contributed by atoms with E-state index in [9.17, 15) is 14.7 Å². The highest BCUT2D eigenvalue weighted by Gasteiger charge is 2.33. The van der Waals surface area contributed by atoms with Gasteiger partial charge >= 0.3 is 0 Å². The summed E-state index contributed by atoms with van der Waals surface area (Å²) in [6.07, 6.45) is 2.72. The fourth-order valence-corrected chi connectivity index (χ4v) is 3.74. The zero-order chi connectivity index (χ0) is 20.4. The summed E-state index contributed by atoms with van der Waals surface area (Å²) in [5.41, 5.74) is 3.39. The van der Waals surface area contributed by atoms with Gasteiger partial charge in [-0.3, -0.25) is 14.3 Å². The fourth-order valence-electron chi connectivity index (χ4n) is 3.74. The number of nitrogens with one attached hydrogen (secondary N) is 1. The Bertz CT molecular complexity index is 886. The van der Waals surface area contributed by atoms with Gasteiger partial charge in [-0.05, 0) is 50.3 Å². The highest BCUT2D eigenvalue weighted by Crippen LogP contribution is 2.40. The number of aromatic nitrogens is 2. The van der Waals surface area contributed by atoms with E-state index in [2.05, 4.69) is 10.4 Å². The number of amides is 2. The maximum atomic E-state index is 12.7. The molecule has 7 nitrogen and oxygen atoms in total. The van der Waals surface area contributed by atoms with Gasteiger partial charge < -0.3 is 15.3 Å². The normalized spacial score (nSPS) is 17.4. The molecular formula is C22H28N4O3. The van der Waals surface area contributed by atoms with Crippen molar-refractivity contribution in [1.29, 1.82) is 0 Å². The van der Waals surface area contributed by atoms with E-state index >= 15 is 0 Å². The van der Waals surface area contributed by atoms with E-state index in [4.69, 9.17) is 0 Å². The summed E-state index contributed by atoms with van der Waals surface area (Å²) in [5, 5.41) is 17.7. The quantitative estimate of drug-likeness (QED) is 0.784. The molecule has 2 N–H and O–H groups in total. The van der Waals surface area contributed by atoms with Gasteiger partial charge in [-0.25, -0.2) is 0 Å². The molecular weight excluding hydrogens is 368 g/mol.